The molecule has 2 aliphatic rings. The van der Waals surface area contributed by atoms with Crippen molar-refractivity contribution in [2.75, 3.05) is 28.4 Å². The van der Waals surface area contributed by atoms with Crippen LogP contribution in [0, 0.1) is 5.92 Å². The Labute approximate surface area is 241 Å². The molecule has 5 rings (SSSR count). The number of rotatable bonds is 8. The lowest BCUT2D eigenvalue weighted by atomic mass is 10.0. The summed E-state index contributed by atoms with van der Waals surface area (Å²) in [5, 5.41) is 11.0. The van der Waals surface area contributed by atoms with Crippen molar-refractivity contribution in [1.29, 1.82) is 0 Å². The van der Waals surface area contributed by atoms with Crippen molar-refractivity contribution in [2.24, 2.45) is 11.0 Å². The molecule has 42 heavy (non-hydrogen) atoms. The van der Waals surface area contributed by atoms with Crippen molar-refractivity contribution in [2.45, 2.75) is 37.7 Å². The maximum atomic E-state index is 13.1. The number of nitrogens with one attached hydrogen (secondary N) is 2. The van der Waals surface area contributed by atoms with Crippen molar-refractivity contribution in [3.63, 3.8) is 0 Å². The second kappa shape index (κ2) is 11.9. The van der Waals surface area contributed by atoms with E-state index in [1.165, 1.54) is 0 Å². The van der Waals surface area contributed by atoms with Gasteiger partial charge in [0, 0.05) is 25.2 Å². The summed E-state index contributed by atoms with van der Waals surface area (Å²) in [6.45, 7) is 1.12. The SMILES string of the molecule is CC1C=NN(c2ccc(CNc3nc(NCC(F)(F)F)c4nc(C5=CC(S(C)(=O)=O)CC=C5)ccc4n3)cc2)C=CC1. The van der Waals surface area contributed by atoms with Gasteiger partial charge in [-0.1, -0.05) is 43.4 Å². The third-order valence-electron chi connectivity index (χ3n) is 6.73. The van der Waals surface area contributed by atoms with Crippen LogP contribution >= 0.6 is 0 Å². The molecule has 2 aromatic heterocycles. The molecule has 0 fully saturated rings. The van der Waals surface area contributed by atoms with Gasteiger partial charge in [0.15, 0.2) is 15.7 Å². The third kappa shape index (κ3) is 7.32. The molecule has 0 amide bonds. The number of hydrazone groups is 1. The summed E-state index contributed by atoms with van der Waals surface area (Å²) >= 11 is 0. The summed E-state index contributed by atoms with van der Waals surface area (Å²) < 4.78 is 63.5. The molecule has 0 saturated carbocycles. The normalized spacial score (nSPS) is 19.1. The molecule has 1 aliphatic carbocycles. The van der Waals surface area contributed by atoms with Gasteiger partial charge in [0.2, 0.25) is 5.95 Å². The molecule has 2 atom stereocenters. The van der Waals surface area contributed by atoms with Crippen LogP contribution in [0.3, 0.4) is 0 Å². The van der Waals surface area contributed by atoms with Crippen LogP contribution < -0.4 is 15.6 Å². The van der Waals surface area contributed by atoms with E-state index < -0.39 is 27.8 Å². The number of allylic oxidation sites excluding steroid dienone is 4. The lowest BCUT2D eigenvalue weighted by Crippen LogP contribution is -2.22. The number of sulfone groups is 1. The first-order valence-corrected chi connectivity index (χ1v) is 15.3. The molecule has 220 valence electrons. The minimum Gasteiger partial charge on any atom is -0.359 e. The molecule has 0 saturated heterocycles. The zero-order valence-corrected chi connectivity index (χ0v) is 23.8. The summed E-state index contributed by atoms with van der Waals surface area (Å²) in [6, 6.07) is 11.0. The second-order valence-corrected chi connectivity index (χ2v) is 12.5. The van der Waals surface area contributed by atoms with Crippen LogP contribution in [0.4, 0.5) is 30.6 Å². The largest absolute Gasteiger partial charge is 0.405 e. The molecule has 2 unspecified atom stereocenters. The summed E-state index contributed by atoms with van der Waals surface area (Å²) in [4.78, 5) is 13.3. The minimum absolute atomic E-state index is 0.0860. The number of pyridine rings is 1. The summed E-state index contributed by atoms with van der Waals surface area (Å²) in [6.07, 6.45) is 8.94. The molecule has 3 heterocycles. The maximum Gasteiger partial charge on any atom is 0.405 e. The summed E-state index contributed by atoms with van der Waals surface area (Å²) in [5.41, 5.74) is 3.24. The van der Waals surface area contributed by atoms with E-state index >= 15 is 0 Å². The number of nitrogens with zero attached hydrogens (tertiary/aromatic N) is 5. The van der Waals surface area contributed by atoms with Crippen LogP contribution in [-0.4, -0.2) is 53.8 Å². The first-order chi connectivity index (χ1) is 19.9. The Hall–Kier alpha value is -4.26. The fourth-order valence-corrected chi connectivity index (χ4v) is 5.30. The van der Waals surface area contributed by atoms with Crippen LogP contribution in [0.5, 0.6) is 0 Å². The van der Waals surface area contributed by atoms with E-state index in [9.17, 15) is 21.6 Å². The predicted octanol–water partition coefficient (Wildman–Crippen LogP) is 5.71. The van der Waals surface area contributed by atoms with Crippen LogP contribution in [-0.2, 0) is 16.4 Å². The van der Waals surface area contributed by atoms with E-state index in [0.29, 0.717) is 35.7 Å². The highest BCUT2D eigenvalue weighted by molar-refractivity contribution is 7.91. The van der Waals surface area contributed by atoms with Gasteiger partial charge in [0.05, 0.1) is 22.1 Å². The third-order valence-corrected chi connectivity index (χ3v) is 8.16. The Bertz CT molecular complexity index is 1680. The van der Waals surface area contributed by atoms with E-state index in [1.807, 2.05) is 36.7 Å². The molecule has 0 radical (unpaired) electrons. The maximum absolute atomic E-state index is 13.1. The number of hydrogen-bond acceptors (Lipinski definition) is 9. The Morgan fingerprint density at radius 1 is 1.00 bits per heavy atom. The molecule has 0 bridgehead atoms. The fourth-order valence-electron chi connectivity index (χ4n) is 4.44. The number of hydrogen-bond donors (Lipinski definition) is 2. The van der Waals surface area contributed by atoms with Gasteiger partial charge in [-0.3, -0.25) is 0 Å². The molecule has 9 nitrogen and oxygen atoms in total. The highest BCUT2D eigenvalue weighted by atomic mass is 32.2. The number of halogens is 3. The van der Waals surface area contributed by atoms with Crippen LogP contribution in [0.25, 0.3) is 16.6 Å². The number of anilines is 3. The van der Waals surface area contributed by atoms with E-state index in [-0.39, 0.29) is 17.3 Å². The Balaban J connectivity index is 1.39. The topological polar surface area (TPSA) is 112 Å². The minimum atomic E-state index is -4.48. The molecule has 0 spiro atoms. The Kier molecular flexibility index (Phi) is 8.30. The zero-order valence-electron chi connectivity index (χ0n) is 23.0. The van der Waals surface area contributed by atoms with Gasteiger partial charge in [-0.05, 0) is 54.2 Å². The molecule has 1 aliphatic heterocycles. The predicted molar refractivity (Wildman–Crippen MR) is 160 cm³/mol. The highest BCUT2D eigenvalue weighted by Crippen LogP contribution is 2.28. The smallest absolute Gasteiger partial charge is 0.359 e. The zero-order chi connectivity index (χ0) is 29.9. The average molecular weight is 598 g/mol. The molecule has 1 aromatic carbocycles. The van der Waals surface area contributed by atoms with E-state index in [0.717, 1.165) is 23.9 Å². The monoisotopic (exact) mass is 597 g/mol. The number of fused-ring (bicyclic) bond motifs is 1. The van der Waals surface area contributed by atoms with Crippen LogP contribution in [0.15, 0.2) is 72.0 Å². The summed E-state index contributed by atoms with van der Waals surface area (Å²) in [5.74, 6) is 0.410. The van der Waals surface area contributed by atoms with Crippen molar-refractivity contribution < 1.29 is 21.6 Å². The van der Waals surface area contributed by atoms with Gasteiger partial charge in [0.25, 0.3) is 0 Å². The van der Waals surface area contributed by atoms with E-state index in [1.54, 1.807) is 35.4 Å². The average Bonchev–Trinajstić information content (AvgIpc) is 3.18. The van der Waals surface area contributed by atoms with E-state index in [4.69, 9.17) is 0 Å². The number of aromatic nitrogens is 3. The first-order valence-electron chi connectivity index (χ1n) is 13.3. The molecule has 2 N–H and O–H groups in total. The molecule has 3 aromatic rings. The van der Waals surface area contributed by atoms with Crippen molar-refractivity contribution in [3.8, 4) is 0 Å². The quantitative estimate of drug-likeness (QED) is 0.340. The van der Waals surface area contributed by atoms with E-state index in [2.05, 4.69) is 43.7 Å². The van der Waals surface area contributed by atoms with Crippen molar-refractivity contribution in [3.05, 3.63) is 78.2 Å². The van der Waals surface area contributed by atoms with Gasteiger partial charge in [-0.15, -0.1) is 0 Å². The molecule has 13 heteroatoms. The van der Waals surface area contributed by atoms with Gasteiger partial charge >= 0.3 is 6.18 Å². The lowest BCUT2D eigenvalue weighted by molar-refractivity contribution is -0.115. The van der Waals surface area contributed by atoms with Gasteiger partial charge < -0.3 is 10.6 Å². The molecular formula is C29H30F3N7O2S. The van der Waals surface area contributed by atoms with Gasteiger partial charge in [-0.25, -0.2) is 23.4 Å². The lowest BCUT2D eigenvalue weighted by Gasteiger charge is -2.16. The fraction of sp³-hybridized carbons (Fsp3) is 0.310. The van der Waals surface area contributed by atoms with Gasteiger partial charge in [0.1, 0.15) is 12.1 Å². The van der Waals surface area contributed by atoms with Crippen LogP contribution in [0.2, 0.25) is 0 Å². The Morgan fingerprint density at radius 3 is 2.52 bits per heavy atom. The summed E-state index contributed by atoms with van der Waals surface area (Å²) in [7, 11) is -3.33. The number of alkyl halides is 3. The second-order valence-electron chi connectivity index (χ2n) is 10.3. The van der Waals surface area contributed by atoms with Gasteiger partial charge in [-0.2, -0.15) is 23.3 Å². The standard InChI is InChI=1S/C29H30F3N7O2S/c1-19-5-4-14-39(35-16-19)22-10-8-20(9-11-22)17-33-28-37-25-13-12-24(21-6-3-7-23(15-21)42(2,40)41)36-26(25)27(38-28)34-18-29(30,31)32/h3-4,6,8-16,19,23H,5,7,17-18H2,1-2H3,(H2,33,34,37,38). The van der Waals surface area contributed by atoms with Crippen LogP contribution in [0.1, 0.15) is 31.0 Å². The number of benzene rings is 1. The van der Waals surface area contributed by atoms with Crippen molar-refractivity contribution >= 4 is 50.1 Å². The Morgan fingerprint density at radius 2 is 1.79 bits per heavy atom. The van der Waals surface area contributed by atoms with Crippen molar-refractivity contribution in [1.82, 2.24) is 15.0 Å². The first kappa shape index (κ1) is 29.2. The molecular weight excluding hydrogens is 567 g/mol. The highest BCUT2D eigenvalue weighted by Gasteiger charge is 2.28.